The zero-order chi connectivity index (χ0) is 36.2. The van der Waals surface area contributed by atoms with Crippen molar-refractivity contribution in [3.8, 4) is 0 Å². The average molecular weight is 776 g/mol. The first-order valence-corrected chi connectivity index (χ1v) is 19.7. The molecule has 51 heavy (non-hydrogen) atoms. The summed E-state index contributed by atoms with van der Waals surface area (Å²) in [4.78, 5) is 68.7. The van der Waals surface area contributed by atoms with Crippen molar-refractivity contribution < 1.29 is 38.5 Å². The molecular formula is C33H34FN5O8S4. The van der Waals surface area contributed by atoms with Crippen LogP contribution < -0.4 is 15.6 Å². The fourth-order valence-electron chi connectivity index (χ4n) is 6.95. The Morgan fingerprint density at radius 3 is 2.53 bits per heavy atom. The van der Waals surface area contributed by atoms with Crippen molar-refractivity contribution in [3.63, 3.8) is 0 Å². The number of fused-ring (bicyclic) bond motifs is 2. The monoisotopic (exact) mass is 775 g/mol. The van der Waals surface area contributed by atoms with Crippen molar-refractivity contribution in [2.75, 3.05) is 43.9 Å². The summed E-state index contributed by atoms with van der Waals surface area (Å²) in [6.07, 6.45) is 3.98. The number of ether oxygens (including phenoxy) is 1. The highest BCUT2D eigenvalue weighted by Gasteiger charge is 2.65. The molecule has 1 saturated carbocycles. The molecule has 5 heterocycles. The quantitative estimate of drug-likeness (QED) is 0.162. The lowest BCUT2D eigenvalue weighted by Gasteiger charge is -2.56. The topological polar surface area (TPSA) is 162 Å². The maximum Gasteiger partial charge on any atom is 0.378 e. The fraction of sp³-hybridized carbons (Fsp3) is 0.424. The Hall–Kier alpha value is -3.84. The normalized spacial score (nSPS) is 23.2. The number of carbonyl (C=O) groups is 4. The van der Waals surface area contributed by atoms with E-state index in [4.69, 9.17) is 17.0 Å². The molecule has 3 fully saturated rings. The molecule has 3 atom stereocenters. The lowest BCUT2D eigenvalue weighted by atomic mass is 9.88. The van der Waals surface area contributed by atoms with Crippen LogP contribution >= 0.6 is 46.0 Å². The summed E-state index contributed by atoms with van der Waals surface area (Å²) in [6.45, 7) is 1.82. The number of piperazine rings is 1. The van der Waals surface area contributed by atoms with Crippen LogP contribution in [0.2, 0.25) is 0 Å². The Balaban J connectivity index is 1.00. The second kappa shape index (κ2) is 13.9. The van der Waals surface area contributed by atoms with Crippen LogP contribution in [0.3, 0.4) is 0 Å². The average Bonchev–Trinajstić information content (AvgIpc) is 3.83. The number of amides is 2. The highest BCUT2D eigenvalue weighted by Crippen LogP contribution is 2.48. The van der Waals surface area contributed by atoms with Crippen molar-refractivity contribution in [3.05, 3.63) is 62.3 Å². The number of halogens is 1. The van der Waals surface area contributed by atoms with Crippen LogP contribution in [-0.4, -0.2) is 107 Å². The number of hydrogen-bond acceptors (Lipinski definition) is 10. The van der Waals surface area contributed by atoms with E-state index in [9.17, 15) is 34.2 Å². The zero-order valence-electron chi connectivity index (χ0n) is 27.3. The number of β-lactam (4-membered cyclic amide) rings is 1. The lowest BCUT2D eigenvalue weighted by molar-refractivity contribution is -0.193. The Morgan fingerprint density at radius 1 is 1.16 bits per heavy atom. The summed E-state index contributed by atoms with van der Waals surface area (Å²) < 4.78 is 24.7. The van der Waals surface area contributed by atoms with E-state index in [1.165, 1.54) is 40.7 Å². The number of thiophene rings is 1. The van der Waals surface area contributed by atoms with Crippen LogP contribution in [0, 0.1) is 5.82 Å². The van der Waals surface area contributed by atoms with Gasteiger partial charge < -0.3 is 34.6 Å². The number of nitrogens with zero attached hydrogens (tertiary/aromatic N) is 4. The predicted molar refractivity (Wildman–Crippen MR) is 199 cm³/mol. The Bertz CT molecular complexity index is 2060. The van der Waals surface area contributed by atoms with Crippen LogP contribution in [0.1, 0.15) is 47.0 Å². The highest BCUT2D eigenvalue weighted by atomic mass is 32.2. The summed E-state index contributed by atoms with van der Waals surface area (Å²) in [5.41, 5.74) is -1.87. The number of carbonyl (C=O) groups excluding carboxylic acids is 2. The number of aromatic nitrogens is 1. The Morgan fingerprint density at radius 2 is 1.90 bits per heavy atom. The number of aromatic carboxylic acids is 1. The van der Waals surface area contributed by atoms with E-state index in [2.05, 4.69) is 5.32 Å². The highest BCUT2D eigenvalue weighted by molar-refractivity contribution is 8.29. The van der Waals surface area contributed by atoms with Crippen LogP contribution in [0.25, 0.3) is 10.9 Å². The van der Waals surface area contributed by atoms with Crippen molar-refractivity contribution in [1.29, 1.82) is 0 Å². The van der Waals surface area contributed by atoms with E-state index in [0.717, 1.165) is 23.8 Å². The largest absolute Gasteiger partial charge is 0.477 e. The molecule has 3 N–H and O–H groups in total. The molecule has 0 bridgehead atoms. The number of benzene rings is 1. The van der Waals surface area contributed by atoms with Gasteiger partial charge in [0.25, 0.3) is 5.91 Å². The number of pyridine rings is 1. The number of nitrogens with one attached hydrogen (secondary N) is 1. The molecule has 18 heteroatoms. The van der Waals surface area contributed by atoms with Gasteiger partial charge in [-0.25, -0.2) is 14.0 Å². The maximum atomic E-state index is 15.5. The molecule has 2 saturated heterocycles. The van der Waals surface area contributed by atoms with Gasteiger partial charge in [-0.3, -0.25) is 18.7 Å². The van der Waals surface area contributed by atoms with Gasteiger partial charge >= 0.3 is 11.3 Å². The number of thiocarbonyl (C=S) groups is 1. The molecule has 1 aromatic carbocycles. The van der Waals surface area contributed by atoms with Crippen molar-refractivity contribution in [1.82, 2.24) is 19.1 Å². The summed E-state index contributed by atoms with van der Waals surface area (Å²) in [5.74, 6) is -2.62. The van der Waals surface area contributed by atoms with Gasteiger partial charge in [0.15, 0.2) is 0 Å². The minimum Gasteiger partial charge on any atom is -0.477 e. The van der Waals surface area contributed by atoms with Gasteiger partial charge in [-0.15, -0.1) is 11.3 Å². The van der Waals surface area contributed by atoms with Crippen LogP contribution in [0.4, 0.5) is 14.9 Å². The Kier molecular flexibility index (Phi) is 9.72. The van der Waals surface area contributed by atoms with Gasteiger partial charge in [-0.05, 0) is 54.1 Å². The molecule has 1 unspecified atom stereocenters. The van der Waals surface area contributed by atoms with E-state index < -0.39 is 50.9 Å². The zero-order valence-corrected chi connectivity index (χ0v) is 30.6. The number of methoxy groups -OCH3 is 1. The summed E-state index contributed by atoms with van der Waals surface area (Å²) >= 11 is 8.49. The molecule has 13 nitrogen and oxygen atoms in total. The van der Waals surface area contributed by atoms with Gasteiger partial charge in [0, 0.05) is 72.2 Å². The first-order valence-electron chi connectivity index (χ1n) is 16.3. The standard InChI is InChI=1S/C33H34FN5O8S4/c1-47-33(35-27(40)13-19-3-2-12-49-19)26-7-6-20(51(32(45)46)39(26)30(33)44)17-50-31(48)37-10-8-36(9-11-37)25-15-24-21(14-23(25)34)28(41)22(29(42)43)16-38(24)18-4-5-18/h2-3,12,14-16,18,26H,4-11,13,17H2,1H3,(H,35,40)(H,42,43)(H,45,46)/t26-,33-,51?/m1/s1. The van der Waals surface area contributed by atoms with Crippen molar-refractivity contribution in [2.45, 2.75) is 49.9 Å². The van der Waals surface area contributed by atoms with E-state index in [1.807, 2.05) is 27.3 Å². The van der Waals surface area contributed by atoms with E-state index in [-0.39, 0.29) is 29.3 Å². The second-order valence-electron chi connectivity index (χ2n) is 12.7. The molecule has 2 aromatic heterocycles. The molecule has 0 spiro atoms. The van der Waals surface area contributed by atoms with Gasteiger partial charge in [-0.2, -0.15) is 0 Å². The lowest BCUT2D eigenvalue weighted by Crippen LogP contribution is -2.80. The number of carboxylic acid groups (broad SMARTS) is 2. The second-order valence-corrected chi connectivity index (χ2v) is 17.2. The van der Waals surface area contributed by atoms with Gasteiger partial charge in [0.2, 0.25) is 17.1 Å². The smallest absolute Gasteiger partial charge is 0.378 e. The van der Waals surface area contributed by atoms with Crippen molar-refractivity contribution >= 4 is 94.8 Å². The molecule has 1 aliphatic carbocycles. The number of anilines is 1. The van der Waals surface area contributed by atoms with Gasteiger partial charge in [-0.1, -0.05) is 30.0 Å². The summed E-state index contributed by atoms with van der Waals surface area (Å²) in [5, 5.41) is 23.3. The minimum atomic E-state index is -1.61. The number of carboxylic acids is 1. The molecule has 270 valence electrons. The molecule has 2 amide bonds. The summed E-state index contributed by atoms with van der Waals surface area (Å²) in [6, 6.07) is 5.86. The third-order valence-corrected chi connectivity index (χ3v) is 14.4. The van der Waals surface area contributed by atoms with Crippen LogP contribution in [-0.2, 0) is 20.7 Å². The third kappa shape index (κ3) is 6.45. The van der Waals surface area contributed by atoms with Gasteiger partial charge in [0.05, 0.1) is 17.6 Å². The predicted octanol–water partition coefficient (Wildman–Crippen LogP) is 4.12. The molecule has 4 aliphatic rings. The van der Waals surface area contributed by atoms with Crippen molar-refractivity contribution in [2.24, 2.45) is 0 Å². The third-order valence-electron chi connectivity index (χ3n) is 9.67. The SMILES string of the molecule is CO[C@@]1(NC(=O)Cc2cccs2)C(=O)N2[C@@H]1CCC(CSC(=S)N1CCN(c3cc4c(cc3F)c(=O)c(C(=O)O)cn4C3CC3)CC1)=S2C(=O)O. The minimum absolute atomic E-state index is 0.0397. The number of hydrogen-bond donors (Lipinski definition) is 3. The molecule has 7 rings (SSSR count). The van der Waals surface area contributed by atoms with Crippen LogP contribution in [0.15, 0.2) is 40.6 Å². The number of rotatable bonds is 9. The van der Waals surface area contributed by atoms with E-state index in [0.29, 0.717) is 65.2 Å². The molecule has 3 aromatic rings. The Labute approximate surface area is 307 Å². The molecule has 0 radical (unpaired) electrons. The molecular weight excluding hydrogens is 742 g/mol. The maximum absolute atomic E-state index is 15.5. The van der Waals surface area contributed by atoms with Crippen LogP contribution in [0.5, 0.6) is 0 Å². The summed E-state index contributed by atoms with van der Waals surface area (Å²) in [7, 11) is -0.200. The van der Waals surface area contributed by atoms with E-state index in [1.54, 1.807) is 10.6 Å². The van der Waals surface area contributed by atoms with E-state index >= 15 is 4.39 Å². The number of thioether (sulfide) groups is 1. The first-order chi connectivity index (χ1) is 24.4. The first kappa shape index (κ1) is 35.6. The van der Waals surface area contributed by atoms with Gasteiger partial charge in [0.1, 0.15) is 21.7 Å². The fourth-order valence-corrected chi connectivity index (χ4v) is 11.2. The molecule has 3 aliphatic heterocycles.